The van der Waals surface area contributed by atoms with Crippen LogP contribution in [0.5, 0.6) is 5.75 Å². The van der Waals surface area contributed by atoms with Crippen molar-refractivity contribution in [2.75, 3.05) is 4.90 Å². The molecule has 144 valence electrons. The molecule has 0 saturated heterocycles. The van der Waals surface area contributed by atoms with Crippen LogP contribution < -0.4 is 9.64 Å². The molecular weight excluding hydrogens is 390 g/mol. The minimum absolute atomic E-state index is 0.00518. The van der Waals surface area contributed by atoms with E-state index < -0.39 is 36.0 Å². The second kappa shape index (κ2) is 6.83. The van der Waals surface area contributed by atoms with Gasteiger partial charge < -0.3 is 9.84 Å². The summed E-state index contributed by atoms with van der Waals surface area (Å²) in [6.45, 7) is 1.84. The van der Waals surface area contributed by atoms with Crippen LogP contribution in [-0.4, -0.2) is 28.1 Å². The first-order valence-electron chi connectivity index (χ1n) is 8.37. The molecule has 1 aromatic heterocycles. The first kappa shape index (κ1) is 18.3. The number of carboxylic acids is 1. The van der Waals surface area contributed by atoms with Gasteiger partial charge in [-0.3, -0.25) is 14.5 Å². The average molecular weight is 404 g/mol. The number of halogens is 2. The molecule has 2 aromatic carbocycles. The molecule has 1 aliphatic heterocycles. The third-order valence-electron chi connectivity index (χ3n) is 4.33. The number of nitrogens with zero attached hydrogens (tertiary/aromatic N) is 2. The number of thiazole rings is 1. The Morgan fingerprint density at radius 1 is 1.32 bits per heavy atom. The molecule has 1 unspecified atom stereocenters. The number of carbonyl (C=O) groups excluding carboxylic acids is 1. The standard InChI is InChI=1S/C19H14F2N2O4S/c1-9-2-3-12-13(4-9)27-14(7-17(24)25)19(26)23(12)8-16-22-18-11(21)5-10(20)6-15(18)28-16/h2-6,14H,7-8H2,1H3,(H,24,25). The summed E-state index contributed by atoms with van der Waals surface area (Å²) in [6, 6.07) is 7.16. The fourth-order valence-corrected chi connectivity index (χ4v) is 4.09. The fourth-order valence-electron chi connectivity index (χ4n) is 3.09. The van der Waals surface area contributed by atoms with Crippen LogP contribution in [0, 0.1) is 18.6 Å². The number of aliphatic carboxylic acids is 1. The number of hydrogen-bond acceptors (Lipinski definition) is 5. The van der Waals surface area contributed by atoms with E-state index in [4.69, 9.17) is 9.84 Å². The maximum atomic E-state index is 13.9. The minimum Gasteiger partial charge on any atom is -0.481 e. The number of rotatable bonds is 4. The monoisotopic (exact) mass is 404 g/mol. The smallest absolute Gasteiger partial charge is 0.307 e. The van der Waals surface area contributed by atoms with Crippen LogP contribution >= 0.6 is 11.3 Å². The van der Waals surface area contributed by atoms with Gasteiger partial charge in [0, 0.05) is 6.07 Å². The van der Waals surface area contributed by atoms with Gasteiger partial charge in [-0.25, -0.2) is 13.8 Å². The lowest BCUT2D eigenvalue weighted by Gasteiger charge is -2.33. The van der Waals surface area contributed by atoms with E-state index in [1.54, 1.807) is 18.2 Å². The topological polar surface area (TPSA) is 79.7 Å². The molecule has 1 aliphatic rings. The van der Waals surface area contributed by atoms with Crippen LogP contribution in [0.25, 0.3) is 10.2 Å². The number of aromatic nitrogens is 1. The second-order valence-corrected chi connectivity index (χ2v) is 7.56. The van der Waals surface area contributed by atoms with Crippen molar-refractivity contribution in [2.24, 2.45) is 0 Å². The lowest BCUT2D eigenvalue weighted by atomic mass is 10.1. The summed E-state index contributed by atoms with van der Waals surface area (Å²) in [6.07, 6.45) is -1.65. The highest BCUT2D eigenvalue weighted by Gasteiger charge is 2.36. The molecule has 3 aromatic rings. The number of ether oxygens (including phenoxy) is 1. The molecular formula is C19H14F2N2O4S. The number of carbonyl (C=O) groups is 2. The molecule has 4 rings (SSSR count). The molecule has 1 atom stereocenters. The van der Waals surface area contributed by atoms with Crippen LogP contribution in [0.3, 0.4) is 0 Å². The number of hydrogen-bond donors (Lipinski definition) is 1. The second-order valence-electron chi connectivity index (χ2n) is 6.44. The van der Waals surface area contributed by atoms with Crippen molar-refractivity contribution in [3.63, 3.8) is 0 Å². The zero-order valence-electron chi connectivity index (χ0n) is 14.6. The molecule has 0 radical (unpaired) electrons. The highest BCUT2D eigenvalue weighted by Crippen LogP contribution is 2.37. The first-order valence-corrected chi connectivity index (χ1v) is 9.18. The van der Waals surface area contributed by atoms with Crippen molar-refractivity contribution in [1.29, 1.82) is 0 Å². The van der Waals surface area contributed by atoms with Gasteiger partial charge in [-0.05, 0) is 30.7 Å². The van der Waals surface area contributed by atoms with Gasteiger partial charge in [0.05, 0.1) is 23.4 Å². The molecule has 0 fully saturated rings. The largest absolute Gasteiger partial charge is 0.481 e. The van der Waals surface area contributed by atoms with Crippen LogP contribution in [0.4, 0.5) is 14.5 Å². The average Bonchev–Trinajstić information content (AvgIpc) is 3.01. The van der Waals surface area contributed by atoms with Crippen molar-refractivity contribution >= 4 is 39.1 Å². The molecule has 1 amide bonds. The van der Waals surface area contributed by atoms with Crippen molar-refractivity contribution in [1.82, 2.24) is 4.98 Å². The Morgan fingerprint density at radius 3 is 2.86 bits per heavy atom. The molecule has 0 spiro atoms. The van der Waals surface area contributed by atoms with E-state index in [1.165, 1.54) is 11.0 Å². The number of anilines is 1. The fraction of sp³-hybridized carbons (Fsp3) is 0.211. The number of carboxylic acid groups (broad SMARTS) is 1. The maximum absolute atomic E-state index is 13.9. The Morgan fingerprint density at radius 2 is 2.11 bits per heavy atom. The lowest BCUT2D eigenvalue weighted by Crippen LogP contribution is -2.46. The Labute approximate surface area is 162 Å². The van der Waals surface area contributed by atoms with Crippen molar-refractivity contribution in [3.05, 3.63) is 52.5 Å². The molecule has 1 N–H and O–H groups in total. The van der Waals surface area contributed by atoms with E-state index in [-0.39, 0.29) is 12.1 Å². The van der Waals surface area contributed by atoms with Crippen LogP contribution in [0.2, 0.25) is 0 Å². The predicted molar refractivity (Wildman–Crippen MR) is 98.6 cm³/mol. The zero-order chi connectivity index (χ0) is 20.0. The Kier molecular flexibility index (Phi) is 4.46. The first-order chi connectivity index (χ1) is 13.3. The Hall–Kier alpha value is -3.07. The van der Waals surface area contributed by atoms with E-state index in [1.807, 2.05) is 6.92 Å². The molecule has 6 nitrogen and oxygen atoms in total. The van der Waals surface area contributed by atoms with Crippen LogP contribution in [-0.2, 0) is 16.1 Å². The SMILES string of the molecule is Cc1ccc2c(c1)OC(CC(=O)O)C(=O)N2Cc1nc2c(F)cc(F)cc2s1. The van der Waals surface area contributed by atoms with E-state index in [2.05, 4.69) is 4.98 Å². The number of benzene rings is 2. The quantitative estimate of drug-likeness (QED) is 0.718. The summed E-state index contributed by atoms with van der Waals surface area (Å²) < 4.78 is 33.3. The highest BCUT2D eigenvalue weighted by molar-refractivity contribution is 7.18. The highest BCUT2D eigenvalue weighted by atomic mass is 32.1. The van der Waals surface area contributed by atoms with Gasteiger partial charge in [0.1, 0.15) is 22.1 Å². The van der Waals surface area contributed by atoms with E-state index in [9.17, 15) is 18.4 Å². The number of aryl methyl sites for hydroxylation is 1. The molecule has 9 heteroatoms. The molecule has 28 heavy (non-hydrogen) atoms. The summed E-state index contributed by atoms with van der Waals surface area (Å²) in [7, 11) is 0. The molecule has 0 saturated carbocycles. The Bertz CT molecular complexity index is 1110. The van der Waals surface area contributed by atoms with E-state index >= 15 is 0 Å². The summed E-state index contributed by atoms with van der Waals surface area (Å²) in [4.78, 5) is 29.5. The van der Waals surface area contributed by atoms with E-state index in [0.29, 0.717) is 21.1 Å². The van der Waals surface area contributed by atoms with Gasteiger partial charge >= 0.3 is 5.97 Å². The number of amides is 1. The summed E-state index contributed by atoms with van der Waals surface area (Å²) >= 11 is 1.07. The van der Waals surface area contributed by atoms with Gasteiger partial charge in [0.25, 0.3) is 5.91 Å². The maximum Gasteiger partial charge on any atom is 0.307 e. The van der Waals surface area contributed by atoms with Crippen LogP contribution in [0.1, 0.15) is 17.0 Å². The van der Waals surface area contributed by atoms with Crippen molar-refractivity contribution in [2.45, 2.75) is 26.0 Å². The molecule has 2 heterocycles. The summed E-state index contributed by atoms with van der Waals surface area (Å²) in [5.41, 5.74) is 1.40. The minimum atomic E-state index is -1.17. The van der Waals surface area contributed by atoms with Gasteiger partial charge in [-0.1, -0.05) is 6.07 Å². The lowest BCUT2D eigenvalue weighted by molar-refractivity contribution is -0.142. The number of fused-ring (bicyclic) bond motifs is 2. The van der Waals surface area contributed by atoms with Gasteiger partial charge in [-0.15, -0.1) is 11.3 Å². The summed E-state index contributed by atoms with van der Waals surface area (Å²) in [5, 5.41) is 9.47. The normalized spacial score (nSPS) is 16.2. The summed E-state index contributed by atoms with van der Waals surface area (Å²) in [5.74, 6) is -2.77. The van der Waals surface area contributed by atoms with E-state index in [0.717, 1.165) is 23.0 Å². The zero-order valence-corrected chi connectivity index (χ0v) is 15.4. The van der Waals surface area contributed by atoms with Gasteiger partial charge in [-0.2, -0.15) is 0 Å². The van der Waals surface area contributed by atoms with Crippen molar-refractivity contribution in [3.8, 4) is 5.75 Å². The van der Waals surface area contributed by atoms with Gasteiger partial charge in [0.2, 0.25) is 0 Å². The predicted octanol–water partition coefficient (Wildman–Crippen LogP) is 3.65. The van der Waals surface area contributed by atoms with Gasteiger partial charge in [0.15, 0.2) is 11.9 Å². The van der Waals surface area contributed by atoms with Crippen molar-refractivity contribution < 1.29 is 28.2 Å². The third-order valence-corrected chi connectivity index (χ3v) is 5.31. The molecule has 0 bridgehead atoms. The third kappa shape index (κ3) is 3.29. The molecule has 0 aliphatic carbocycles. The Balaban J connectivity index is 1.74. The van der Waals surface area contributed by atoms with Crippen LogP contribution in [0.15, 0.2) is 30.3 Å².